The van der Waals surface area contributed by atoms with Gasteiger partial charge in [-0.15, -0.1) is 0 Å². The highest BCUT2D eigenvalue weighted by Crippen LogP contribution is 2.16. The molecular formula is C12H14BrN3. The number of alkyl halides is 1. The van der Waals surface area contributed by atoms with Gasteiger partial charge < -0.3 is 0 Å². The van der Waals surface area contributed by atoms with Crippen LogP contribution in [-0.4, -0.2) is 14.8 Å². The Labute approximate surface area is 104 Å². The number of pyridine rings is 1. The van der Waals surface area contributed by atoms with Crippen molar-refractivity contribution >= 4 is 15.9 Å². The van der Waals surface area contributed by atoms with E-state index in [1.54, 1.807) is 0 Å². The molecule has 0 aliphatic carbocycles. The predicted molar refractivity (Wildman–Crippen MR) is 68.2 cm³/mol. The van der Waals surface area contributed by atoms with Gasteiger partial charge in [0.15, 0.2) is 5.82 Å². The number of rotatable bonds is 2. The zero-order chi connectivity index (χ0) is 11.7. The van der Waals surface area contributed by atoms with Crippen LogP contribution in [0.1, 0.15) is 22.5 Å². The second-order valence-electron chi connectivity index (χ2n) is 3.96. The normalized spacial score (nSPS) is 10.8. The lowest BCUT2D eigenvalue weighted by atomic mass is 10.2. The Bertz CT molecular complexity index is 517. The minimum atomic E-state index is 0.832. The van der Waals surface area contributed by atoms with Crippen LogP contribution in [0.4, 0.5) is 0 Å². The molecule has 3 nitrogen and oxygen atoms in total. The summed E-state index contributed by atoms with van der Waals surface area (Å²) >= 11 is 3.43. The Morgan fingerprint density at radius 2 is 2.00 bits per heavy atom. The van der Waals surface area contributed by atoms with Crippen LogP contribution >= 0.6 is 15.9 Å². The topological polar surface area (TPSA) is 30.7 Å². The summed E-state index contributed by atoms with van der Waals surface area (Å²) in [5.41, 5.74) is 4.45. The lowest BCUT2D eigenvalue weighted by Gasteiger charge is -2.07. The van der Waals surface area contributed by atoms with Crippen LogP contribution in [0.15, 0.2) is 18.3 Å². The first-order valence-electron chi connectivity index (χ1n) is 5.17. The van der Waals surface area contributed by atoms with Crippen molar-refractivity contribution in [2.45, 2.75) is 26.1 Å². The number of hydrogen-bond acceptors (Lipinski definition) is 2. The van der Waals surface area contributed by atoms with E-state index >= 15 is 0 Å². The first-order valence-corrected chi connectivity index (χ1v) is 6.29. The molecule has 0 aliphatic heterocycles. The molecular weight excluding hydrogens is 266 g/mol. The fraction of sp³-hybridized carbons (Fsp3) is 0.333. The zero-order valence-corrected chi connectivity index (χ0v) is 11.2. The number of halogens is 1. The Morgan fingerprint density at radius 1 is 1.25 bits per heavy atom. The summed E-state index contributed by atoms with van der Waals surface area (Å²) in [6, 6.07) is 4.19. The summed E-state index contributed by atoms with van der Waals surface area (Å²) in [6.07, 6.45) is 1.88. The highest BCUT2D eigenvalue weighted by atomic mass is 79.9. The van der Waals surface area contributed by atoms with Crippen molar-refractivity contribution in [3.8, 4) is 5.82 Å². The van der Waals surface area contributed by atoms with Gasteiger partial charge >= 0.3 is 0 Å². The fourth-order valence-corrected chi connectivity index (χ4v) is 2.07. The first kappa shape index (κ1) is 11.3. The van der Waals surface area contributed by atoms with Crippen molar-refractivity contribution in [3.05, 3.63) is 40.8 Å². The van der Waals surface area contributed by atoms with E-state index in [2.05, 4.69) is 45.1 Å². The molecule has 0 fully saturated rings. The molecule has 2 rings (SSSR count). The SMILES string of the molecule is Cc1cc(C)n(-c2ncc(CBr)cc2C)n1. The molecule has 16 heavy (non-hydrogen) atoms. The highest BCUT2D eigenvalue weighted by Gasteiger charge is 2.08. The molecule has 2 aromatic heterocycles. The van der Waals surface area contributed by atoms with Gasteiger partial charge in [0.05, 0.1) is 5.69 Å². The maximum atomic E-state index is 4.46. The number of nitrogens with zero attached hydrogens (tertiary/aromatic N) is 3. The van der Waals surface area contributed by atoms with Crippen molar-refractivity contribution in [1.29, 1.82) is 0 Å². The molecule has 2 heterocycles. The highest BCUT2D eigenvalue weighted by molar-refractivity contribution is 9.08. The van der Waals surface area contributed by atoms with Crippen LogP contribution in [0.3, 0.4) is 0 Å². The third-order valence-corrected chi connectivity index (χ3v) is 3.12. The Morgan fingerprint density at radius 3 is 2.50 bits per heavy atom. The number of hydrogen-bond donors (Lipinski definition) is 0. The molecule has 2 aromatic rings. The van der Waals surface area contributed by atoms with Gasteiger partial charge in [0.25, 0.3) is 0 Å². The van der Waals surface area contributed by atoms with Crippen LogP contribution in [0.5, 0.6) is 0 Å². The summed E-state index contributed by atoms with van der Waals surface area (Å²) < 4.78 is 1.89. The van der Waals surface area contributed by atoms with Gasteiger partial charge in [-0.3, -0.25) is 0 Å². The molecule has 0 saturated heterocycles. The summed E-state index contributed by atoms with van der Waals surface area (Å²) in [4.78, 5) is 4.46. The lowest BCUT2D eigenvalue weighted by Crippen LogP contribution is -2.04. The number of aryl methyl sites for hydroxylation is 3. The van der Waals surface area contributed by atoms with E-state index in [9.17, 15) is 0 Å². The largest absolute Gasteiger partial charge is 0.237 e. The molecule has 0 N–H and O–H groups in total. The maximum absolute atomic E-state index is 4.46. The molecule has 0 radical (unpaired) electrons. The second kappa shape index (κ2) is 4.37. The molecule has 4 heteroatoms. The van der Waals surface area contributed by atoms with Crippen LogP contribution in [0, 0.1) is 20.8 Å². The van der Waals surface area contributed by atoms with E-state index in [0.717, 1.165) is 28.1 Å². The molecule has 0 spiro atoms. The van der Waals surface area contributed by atoms with Gasteiger partial charge in [-0.25, -0.2) is 9.67 Å². The summed E-state index contributed by atoms with van der Waals surface area (Å²) in [5, 5.41) is 5.27. The second-order valence-corrected chi connectivity index (χ2v) is 4.52. The van der Waals surface area contributed by atoms with Crippen molar-refractivity contribution in [3.63, 3.8) is 0 Å². The zero-order valence-electron chi connectivity index (χ0n) is 9.66. The number of aromatic nitrogens is 3. The molecule has 0 atom stereocenters. The van der Waals surface area contributed by atoms with E-state index in [1.165, 1.54) is 5.56 Å². The van der Waals surface area contributed by atoms with Crippen molar-refractivity contribution in [2.24, 2.45) is 0 Å². The molecule has 84 valence electrons. The molecule has 0 saturated carbocycles. The van der Waals surface area contributed by atoms with Crippen molar-refractivity contribution in [2.75, 3.05) is 0 Å². The minimum absolute atomic E-state index is 0.832. The Hall–Kier alpha value is -1.16. The van der Waals surface area contributed by atoms with Crippen molar-refractivity contribution < 1.29 is 0 Å². The van der Waals surface area contributed by atoms with Gasteiger partial charge in [-0.2, -0.15) is 5.10 Å². The molecule has 0 aliphatic rings. The molecule has 0 amide bonds. The summed E-state index contributed by atoms with van der Waals surface area (Å²) in [5.74, 6) is 0.912. The minimum Gasteiger partial charge on any atom is -0.237 e. The third kappa shape index (κ3) is 2.02. The fourth-order valence-electron chi connectivity index (χ4n) is 1.76. The Kier molecular flexibility index (Phi) is 3.10. The van der Waals surface area contributed by atoms with Gasteiger partial charge in [0.2, 0.25) is 0 Å². The molecule has 0 bridgehead atoms. The smallest absolute Gasteiger partial charge is 0.156 e. The van der Waals surface area contributed by atoms with Crippen LogP contribution < -0.4 is 0 Å². The molecule has 0 unspecified atom stereocenters. The summed E-state index contributed by atoms with van der Waals surface area (Å²) in [6.45, 7) is 6.09. The van der Waals surface area contributed by atoms with E-state index in [4.69, 9.17) is 0 Å². The predicted octanol–water partition coefficient (Wildman–Crippen LogP) is 3.09. The Balaban J connectivity index is 2.52. The van der Waals surface area contributed by atoms with Crippen LogP contribution in [0.2, 0.25) is 0 Å². The lowest BCUT2D eigenvalue weighted by molar-refractivity contribution is 0.797. The quantitative estimate of drug-likeness (QED) is 0.791. The van der Waals surface area contributed by atoms with E-state index in [-0.39, 0.29) is 0 Å². The maximum Gasteiger partial charge on any atom is 0.156 e. The van der Waals surface area contributed by atoms with Crippen LogP contribution in [0.25, 0.3) is 5.82 Å². The van der Waals surface area contributed by atoms with E-state index < -0.39 is 0 Å². The van der Waals surface area contributed by atoms with E-state index in [1.807, 2.05) is 24.7 Å². The first-order chi connectivity index (χ1) is 7.61. The standard InChI is InChI=1S/C12H14BrN3/c1-8-4-11(6-13)7-14-12(8)16-10(3)5-9(2)15-16/h4-5,7H,6H2,1-3H3. The average Bonchev–Trinajstić information content (AvgIpc) is 2.57. The van der Waals surface area contributed by atoms with Gasteiger partial charge in [0.1, 0.15) is 0 Å². The van der Waals surface area contributed by atoms with Gasteiger partial charge in [0, 0.05) is 17.2 Å². The van der Waals surface area contributed by atoms with Crippen molar-refractivity contribution in [1.82, 2.24) is 14.8 Å². The van der Waals surface area contributed by atoms with E-state index in [0.29, 0.717) is 0 Å². The van der Waals surface area contributed by atoms with Crippen LogP contribution in [-0.2, 0) is 5.33 Å². The van der Waals surface area contributed by atoms with Gasteiger partial charge in [-0.1, -0.05) is 15.9 Å². The monoisotopic (exact) mass is 279 g/mol. The van der Waals surface area contributed by atoms with Gasteiger partial charge in [-0.05, 0) is 44.0 Å². The third-order valence-electron chi connectivity index (χ3n) is 2.47. The summed E-state index contributed by atoms with van der Waals surface area (Å²) in [7, 11) is 0. The molecule has 0 aromatic carbocycles. The average molecular weight is 280 g/mol.